The van der Waals surface area contributed by atoms with E-state index < -0.39 is 11.2 Å². The predicted molar refractivity (Wildman–Crippen MR) is 44.0 cm³/mol. The van der Waals surface area contributed by atoms with Crippen LogP contribution in [0.2, 0.25) is 0 Å². The van der Waals surface area contributed by atoms with Gasteiger partial charge in [0, 0.05) is 0 Å². The van der Waals surface area contributed by atoms with Crippen LogP contribution in [0.4, 0.5) is 4.79 Å². The van der Waals surface area contributed by atoms with Gasteiger partial charge in [0.1, 0.15) is 5.84 Å². The topological polar surface area (TPSA) is 96.9 Å². The summed E-state index contributed by atoms with van der Waals surface area (Å²) in [7, 11) is 0. The number of amides is 2. The fourth-order valence-electron chi connectivity index (χ4n) is 0.936. The molecule has 2 rings (SSSR count). The van der Waals surface area contributed by atoms with Gasteiger partial charge in [0.25, 0.3) is 11.1 Å². The molecule has 2 aliphatic heterocycles. The van der Waals surface area contributed by atoms with E-state index in [1.165, 1.54) is 0 Å². The van der Waals surface area contributed by atoms with Gasteiger partial charge in [-0.2, -0.15) is 9.98 Å². The molecular formula is C5H4N4O2S. The highest BCUT2D eigenvalue weighted by atomic mass is 32.2. The molecule has 0 aromatic carbocycles. The molecule has 0 saturated carbocycles. The lowest BCUT2D eigenvalue weighted by atomic mass is 10.3. The number of carbonyl (C=O) groups is 2. The Labute approximate surface area is 71.3 Å². The first kappa shape index (κ1) is 7.29. The largest absolute Gasteiger partial charge is 0.368 e. The van der Waals surface area contributed by atoms with Gasteiger partial charge in [-0.15, -0.1) is 0 Å². The number of fused-ring (bicyclic) bond motifs is 1. The van der Waals surface area contributed by atoms with E-state index in [2.05, 4.69) is 15.3 Å². The molecule has 1 atom stereocenters. The molecule has 0 aromatic heterocycles. The number of hydrogen-bond acceptors (Lipinski definition) is 5. The first-order valence-corrected chi connectivity index (χ1v) is 3.99. The van der Waals surface area contributed by atoms with Gasteiger partial charge in [-0.05, 0) is 11.8 Å². The molecule has 0 bridgehead atoms. The zero-order chi connectivity index (χ0) is 8.72. The molecule has 62 valence electrons. The van der Waals surface area contributed by atoms with Gasteiger partial charge in [0.15, 0.2) is 5.25 Å². The summed E-state index contributed by atoms with van der Waals surface area (Å²) in [6, 6.07) is 0. The van der Waals surface area contributed by atoms with Gasteiger partial charge in [-0.3, -0.25) is 9.59 Å². The Bertz CT molecular complexity index is 334. The Morgan fingerprint density at radius 3 is 2.92 bits per heavy atom. The number of carbonyl (C=O) groups excluding carboxylic acids is 2. The zero-order valence-corrected chi connectivity index (χ0v) is 6.59. The first-order chi connectivity index (χ1) is 5.66. The molecule has 0 aliphatic carbocycles. The molecule has 2 amide bonds. The van der Waals surface area contributed by atoms with Crippen molar-refractivity contribution in [1.82, 2.24) is 5.32 Å². The second-order valence-electron chi connectivity index (χ2n) is 2.22. The maximum Gasteiger partial charge on any atom is 0.285 e. The smallest absolute Gasteiger partial charge is 0.285 e. The van der Waals surface area contributed by atoms with Crippen molar-refractivity contribution in [2.75, 3.05) is 0 Å². The maximum atomic E-state index is 11.1. The molecule has 3 N–H and O–H groups in total. The van der Waals surface area contributed by atoms with E-state index in [0.29, 0.717) is 5.84 Å². The van der Waals surface area contributed by atoms with E-state index in [1.807, 2.05) is 0 Å². The summed E-state index contributed by atoms with van der Waals surface area (Å²) in [5.41, 5.74) is 5.21. The third-order valence-corrected chi connectivity index (χ3v) is 2.36. The molecule has 1 saturated heterocycles. The van der Waals surface area contributed by atoms with Crippen LogP contribution in [0.25, 0.3) is 0 Å². The van der Waals surface area contributed by atoms with Crippen molar-refractivity contribution in [3.05, 3.63) is 0 Å². The van der Waals surface area contributed by atoms with Crippen molar-refractivity contribution in [2.45, 2.75) is 5.25 Å². The maximum absolute atomic E-state index is 11.1. The van der Waals surface area contributed by atoms with Crippen LogP contribution in [0.5, 0.6) is 0 Å². The molecule has 0 aromatic rings. The second kappa shape index (κ2) is 2.31. The minimum absolute atomic E-state index is 0.103. The van der Waals surface area contributed by atoms with Crippen molar-refractivity contribution < 1.29 is 9.59 Å². The molecule has 2 aliphatic rings. The quantitative estimate of drug-likeness (QED) is 0.508. The monoisotopic (exact) mass is 184 g/mol. The number of guanidine groups is 1. The van der Waals surface area contributed by atoms with E-state index in [1.54, 1.807) is 0 Å². The van der Waals surface area contributed by atoms with Crippen LogP contribution in [0.1, 0.15) is 0 Å². The van der Waals surface area contributed by atoms with E-state index in [-0.39, 0.29) is 11.2 Å². The minimum atomic E-state index is -0.607. The average Bonchev–Trinajstić information content (AvgIpc) is 2.29. The minimum Gasteiger partial charge on any atom is -0.368 e. The van der Waals surface area contributed by atoms with Crippen LogP contribution < -0.4 is 11.1 Å². The highest BCUT2D eigenvalue weighted by Crippen LogP contribution is 2.22. The number of aliphatic imine (C=N–C) groups is 2. The fourth-order valence-corrected chi connectivity index (χ4v) is 1.69. The summed E-state index contributed by atoms with van der Waals surface area (Å²) in [5.74, 6) is -0.239. The molecule has 0 radical (unpaired) electrons. The van der Waals surface area contributed by atoms with Crippen LogP contribution in [0.3, 0.4) is 0 Å². The number of nitrogens with one attached hydrogen (secondary N) is 1. The van der Waals surface area contributed by atoms with Crippen LogP contribution in [0.15, 0.2) is 9.98 Å². The van der Waals surface area contributed by atoms with Gasteiger partial charge in [0.05, 0.1) is 0 Å². The summed E-state index contributed by atoms with van der Waals surface area (Å²) in [6.07, 6.45) is 0. The Hall–Kier alpha value is -1.37. The molecule has 0 spiro atoms. The zero-order valence-electron chi connectivity index (χ0n) is 5.77. The van der Waals surface area contributed by atoms with Crippen molar-refractivity contribution in [3.63, 3.8) is 0 Å². The van der Waals surface area contributed by atoms with E-state index in [0.717, 1.165) is 11.8 Å². The Balaban J connectivity index is 2.38. The van der Waals surface area contributed by atoms with Crippen LogP contribution in [0, 0.1) is 0 Å². The van der Waals surface area contributed by atoms with Crippen LogP contribution in [-0.4, -0.2) is 28.2 Å². The number of hydrogen-bond donors (Lipinski definition) is 2. The molecular weight excluding hydrogens is 180 g/mol. The summed E-state index contributed by atoms with van der Waals surface area (Å²) in [6.45, 7) is 0. The van der Waals surface area contributed by atoms with Crippen molar-refractivity contribution >= 4 is 34.7 Å². The highest BCUT2D eigenvalue weighted by molar-refractivity contribution is 8.16. The van der Waals surface area contributed by atoms with E-state index in [9.17, 15) is 9.59 Å². The second-order valence-corrected chi connectivity index (χ2v) is 3.29. The lowest BCUT2D eigenvalue weighted by Gasteiger charge is -2.07. The number of thioether (sulfide) groups is 1. The van der Waals surface area contributed by atoms with E-state index in [4.69, 9.17) is 5.73 Å². The Morgan fingerprint density at radius 1 is 1.42 bits per heavy atom. The molecule has 1 fully saturated rings. The van der Waals surface area contributed by atoms with Crippen molar-refractivity contribution in [2.24, 2.45) is 15.7 Å². The van der Waals surface area contributed by atoms with Gasteiger partial charge < -0.3 is 11.1 Å². The number of nitrogens with two attached hydrogens (primary N) is 1. The Morgan fingerprint density at radius 2 is 2.17 bits per heavy atom. The fraction of sp³-hybridized carbons (Fsp3) is 0.200. The van der Waals surface area contributed by atoms with Gasteiger partial charge >= 0.3 is 0 Å². The SMILES string of the molecule is NC1=NC(=O)C2SC(=O)NC2=N1. The molecule has 12 heavy (non-hydrogen) atoms. The van der Waals surface area contributed by atoms with Crippen molar-refractivity contribution in [3.8, 4) is 0 Å². The molecule has 7 heteroatoms. The normalized spacial score (nSPS) is 27.5. The summed E-state index contributed by atoms with van der Waals surface area (Å²) in [4.78, 5) is 29.0. The summed E-state index contributed by atoms with van der Waals surface area (Å²) >= 11 is 0.867. The lowest BCUT2D eigenvalue weighted by Crippen LogP contribution is -2.36. The number of nitrogens with zero attached hydrogens (tertiary/aromatic N) is 2. The predicted octanol–water partition coefficient (Wildman–Crippen LogP) is -0.935. The number of amidine groups is 1. The van der Waals surface area contributed by atoms with Crippen molar-refractivity contribution in [1.29, 1.82) is 0 Å². The van der Waals surface area contributed by atoms with E-state index >= 15 is 0 Å². The lowest BCUT2D eigenvalue weighted by molar-refractivity contribution is -0.116. The van der Waals surface area contributed by atoms with Gasteiger partial charge in [-0.1, -0.05) is 0 Å². The molecule has 2 heterocycles. The molecule has 1 unspecified atom stereocenters. The van der Waals surface area contributed by atoms with Gasteiger partial charge in [0.2, 0.25) is 5.96 Å². The third kappa shape index (κ3) is 0.981. The summed E-state index contributed by atoms with van der Waals surface area (Å²) in [5, 5.41) is 1.51. The number of rotatable bonds is 0. The Kier molecular flexibility index (Phi) is 1.40. The summed E-state index contributed by atoms with van der Waals surface area (Å²) < 4.78 is 0. The third-order valence-electron chi connectivity index (χ3n) is 1.39. The van der Waals surface area contributed by atoms with Gasteiger partial charge in [-0.25, -0.2) is 0 Å². The van der Waals surface area contributed by atoms with Crippen LogP contribution in [-0.2, 0) is 4.79 Å². The van der Waals surface area contributed by atoms with Crippen LogP contribution >= 0.6 is 11.8 Å². The first-order valence-electron chi connectivity index (χ1n) is 3.11. The highest BCUT2D eigenvalue weighted by Gasteiger charge is 2.37. The standard InChI is InChI=1S/C5H4N4O2S/c6-4-7-2-1(3(10)9-4)12-5(11)8-2/h1H,(H3,6,7,8,9,10,11). The average molecular weight is 184 g/mol. The molecule has 6 nitrogen and oxygen atoms in total.